The van der Waals surface area contributed by atoms with E-state index in [1.807, 2.05) is 23.1 Å². The lowest BCUT2D eigenvalue weighted by Crippen LogP contribution is -2.17. The Morgan fingerprint density at radius 3 is 2.62 bits per heavy atom. The smallest absolute Gasteiger partial charge is 0.0801 e. The average Bonchev–Trinajstić information content (AvgIpc) is 3.34. The van der Waals surface area contributed by atoms with Crippen LogP contribution in [0.4, 0.5) is 5.69 Å². The van der Waals surface area contributed by atoms with Crippen molar-refractivity contribution in [3.05, 3.63) is 99.5 Å². The van der Waals surface area contributed by atoms with Crippen molar-refractivity contribution in [3.8, 4) is 0 Å². The van der Waals surface area contributed by atoms with Crippen LogP contribution in [0.5, 0.6) is 0 Å². The molecule has 3 heteroatoms. The molecule has 1 aliphatic heterocycles. The van der Waals surface area contributed by atoms with E-state index in [9.17, 15) is 0 Å². The number of aryl methyl sites for hydroxylation is 1. The van der Waals surface area contributed by atoms with Gasteiger partial charge in [0.15, 0.2) is 0 Å². The normalized spacial score (nSPS) is 20.0. The van der Waals surface area contributed by atoms with E-state index in [-0.39, 0.29) is 5.41 Å². The number of hydrogen-bond donors (Lipinski definition) is 0. The highest BCUT2D eigenvalue weighted by atomic mass is 32.2. The van der Waals surface area contributed by atoms with Gasteiger partial charge in [-0.2, -0.15) is 0 Å². The monoisotopic (exact) mass is 483 g/mol. The zero-order chi connectivity index (χ0) is 23.7. The lowest BCUT2D eigenvalue weighted by Gasteiger charge is -2.30. The summed E-state index contributed by atoms with van der Waals surface area (Å²) >= 11 is 3.80. The predicted molar refractivity (Wildman–Crippen MR) is 153 cm³/mol. The Hall–Kier alpha value is -2.49. The second-order valence-corrected chi connectivity index (χ2v) is 12.1. The maximum Gasteiger partial charge on any atom is 0.0801 e. The zero-order valence-corrected chi connectivity index (χ0v) is 22.2. The quantitative estimate of drug-likeness (QED) is 0.355. The third-order valence-electron chi connectivity index (χ3n) is 6.64. The Morgan fingerprint density at radius 1 is 1.00 bits per heavy atom. The van der Waals surface area contributed by atoms with Crippen LogP contribution in [0.15, 0.2) is 93.9 Å². The number of allylic oxidation sites excluding steroid dienone is 6. The molecule has 1 nitrogen and oxygen atoms in total. The topological polar surface area (TPSA) is 3.24 Å². The molecule has 0 saturated heterocycles. The Bertz CT molecular complexity index is 1330. The van der Waals surface area contributed by atoms with Gasteiger partial charge in [-0.3, -0.25) is 0 Å². The summed E-state index contributed by atoms with van der Waals surface area (Å²) in [5.41, 5.74) is 5.95. The van der Waals surface area contributed by atoms with E-state index in [0.717, 1.165) is 25.8 Å². The molecule has 2 aromatic carbocycles. The van der Waals surface area contributed by atoms with Crippen molar-refractivity contribution >= 4 is 44.9 Å². The van der Waals surface area contributed by atoms with Crippen molar-refractivity contribution in [3.63, 3.8) is 0 Å². The Balaban J connectivity index is 1.43. The third kappa shape index (κ3) is 4.69. The van der Waals surface area contributed by atoms with Crippen LogP contribution in [0.3, 0.4) is 0 Å². The molecule has 174 valence electrons. The van der Waals surface area contributed by atoms with E-state index in [0.29, 0.717) is 0 Å². The molecule has 34 heavy (non-hydrogen) atoms. The second kappa shape index (κ2) is 9.64. The van der Waals surface area contributed by atoms with Crippen molar-refractivity contribution in [1.82, 2.24) is 0 Å². The van der Waals surface area contributed by atoms with E-state index < -0.39 is 0 Å². The fraction of sp³-hybridized carbons (Fsp3) is 0.290. The molecular weight excluding hydrogens is 450 g/mol. The van der Waals surface area contributed by atoms with Crippen LogP contribution in [-0.4, -0.2) is 6.54 Å². The number of benzene rings is 2. The molecule has 0 N–H and O–H groups in total. The summed E-state index contributed by atoms with van der Waals surface area (Å²) in [5.74, 6) is 0. The van der Waals surface area contributed by atoms with Gasteiger partial charge in [0.05, 0.1) is 10.7 Å². The van der Waals surface area contributed by atoms with Gasteiger partial charge in [-0.25, -0.2) is 0 Å². The molecule has 0 atom stereocenters. The first-order chi connectivity index (χ1) is 16.5. The molecule has 0 bridgehead atoms. The van der Waals surface area contributed by atoms with Gasteiger partial charge in [0.2, 0.25) is 0 Å². The van der Waals surface area contributed by atoms with Gasteiger partial charge in [-0.05, 0) is 84.0 Å². The van der Waals surface area contributed by atoms with Crippen molar-refractivity contribution in [2.24, 2.45) is 5.41 Å². The third-order valence-corrected chi connectivity index (χ3v) is 8.93. The maximum atomic E-state index is 2.46. The molecular formula is C31H33NS2. The van der Waals surface area contributed by atoms with E-state index in [4.69, 9.17) is 0 Å². The highest BCUT2D eigenvalue weighted by molar-refractivity contribution is 8.03. The second-order valence-electron chi connectivity index (χ2n) is 9.93. The molecule has 2 aliphatic rings. The lowest BCUT2D eigenvalue weighted by atomic mass is 9.75. The maximum absolute atomic E-state index is 2.46. The Labute approximate surface area is 212 Å². The summed E-state index contributed by atoms with van der Waals surface area (Å²) < 4.78 is 1.40. The fourth-order valence-corrected chi connectivity index (χ4v) is 7.64. The Morgan fingerprint density at radius 2 is 1.79 bits per heavy atom. The largest absolute Gasteiger partial charge is 0.335 e. The number of thioether (sulfide) groups is 1. The van der Waals surface area contributed by atoms with Crippen LogP contribution in [-0.2, 0) is 6.42 Å². The molecule has 0 fully saturated rings. The van der Waals surface area contributed by atoms with Gasteiger partial charge in [0.1, 0.15) is 0 Å². The highest BCUT2D eigenvalue weighted by Crippen LogP contribution is 2.46. The van der Waals surface area contributed by atoms with Crippen LogP contribution in [0, 0.1) is 5.41 Å². The highest BCUT2D eigenvalue weighted by Gasteiger charge is 2.25. The molecule has 0 radical (unpaired) electrons. The molecule has 3 aromatic rings. The number of hydrogen-bond acceptors (Lipinski definition) is 3. The van der Waals surface area contributed by atoms with Crippen LogP contribution >= 0.6 is 23.1 Å². The zero-order valence-electron chi connectivity index (χ0n) is 20.6. The standard InChI is InChI=1S/C31H33NS2/c1-5-24-25-13-7-9-15-27(25)33-29(24)19-23-18-22(20-31(3,4)21-23)12-11-17-30-32(6-2)26-14-8-10-16-28(26)34-30/h7-19H,5-6,20-21H2,1-4H3/b12-11+,23-19-,30-17-. The minimum atomic E-state index is 0.268. The van der Waals surface area contributed by atoms with Crippen molar-refractivity contribution in [2.75, 3.05) is 11.4 Å². The number of anilines is 1. The summed E-state index contributed by atoms with van der Waals surface area (Å²) in [5, 5.41) is 2.73. The Kier molecular flexibility index (Phi) is 6.59. The molecule has 0 spiro atoms. The minimum absolute atomic E-state index is 0.268. The SMILES string of the molecule is CCc1c(/C=C2C=C(/C=C/C=C3\Sc4ccccc4N3CC)CC(C)(C)C/2)sc2ccccc12. The van der Waals surface area contributed by atoms with Crippen LogP contribution in [0.2, 0.25) is 0 Å². The van der Waals surface area contributed by atoms with Crippen LogP contribution in [0.25, 0.3) is 16.2 Å². The van der Waals surface area contributed by atoms with Gasteiger partial charge in [0.25, 0.3) is 0 Å². The van der Waals surface area contributed by atoms with Crippen molar-refractivity contribution in [2.45, 2.75) is 51.9 Å². The van der Waals surface area contributed by atoms with Crippen LogP contribution in [0.1, 0.15) is 51.0 Å². The summed E-state index contributed by atoms with van der Waals surface area (Å²) in [6, 6.07) is 17.5. The molecule has 2 heterocycles. The first kappa shape index (κ1) is 23.3. The lowest BCUT2D eigenvalue weighted by molar-refractivity contribution is 0.356. The van der Waals surface area contributed by atoms with Gasteiger partial charge in [-0.15, -0.1) is 11.3 Å². The molecule has 5 rings (SSSR count). The average molecular weight is 484 g/mol. The van der Waals surface area contributed by atoms with Crippen molar-refractivity contribution in [1.29, 1.82) is 0 Å². The first-order valence-corrected chi connectivity index (χ1v) is 13.9. The van der Waals surface area contributed by atoms with E-state index in [2.05, 4.69) is 112 Å². The number of thiophene rings is 1. The molecule has 1 aliphatic carbocycles. The summed E-state index contributed by atoms with van der Waals surface area (Å²) in [4.78, 5) is 5.18. The van der Waals surface area contributed by atoms with Crippen molar-refractivity contribution < 1.29 is 0 Å². The summed E-state index contributed by atoms with van der Waals surface area (Å²) in [6.45, 7) is 10.3. The van der Waals surface area contributed by atoms with Gasteiger partial charge in [-0.1, -0.05) is 81.1 Å². The number of para-hydroxylation sites is 1. The molecule has 1 aromatic heterocycles. The van der Waals surface area contributed by atoms with E-state index in [1.165, 1.54) is 47.3 Å². The van der Waals surface area contributed by atoms with Gasteiger partial charge >= 0.3 is 0 Å². The molecule has 0 amide bonds. The number of fused-ring (bicyclic) bond motifs is 2. The summed E-state index contributed by atoms with van der Waals surface area (Å²) in [7, 11) is 0. The number of nitrogens with zero attached hydrogens (tertiary/aromatic N) is 1. The van der Waals surface area contributed by atoms with Crippen LogP contribution < -0.4 is 4.90 Å². The minimum Gasteiger partial charge on any atom is -0.335 e. The van der Waals surface area contributed by atoms with Gasteiger partial charge < -0.3 is 4.90 Å². The van der Waals surface area contributed by atoms with E-state index >= 15 is 0 Å². The first-order valence-electron chi connectivity index (χ1n) is 12.3. The molecule has 0 saturated carbocycles. The predicted octanol–water partition coefficient (Wildman–Crippen LogP) is 9.62. The number of rotatable bonds is 5. The molecule has 0 unspecified atom stereocenters. The summed E-state index contributed by atoms with van der Waals surface area (Å²) in [6.07, 6.45) is 15.0. The van der Waals surface area contributed by atoms with E-state index in [1.54, 1.807) is 0 Å². The fourth-order valence-electron chi connectivity index (χ4n) is 5.23. The van der Waals surface area contributed by atoms with Gasteiger partial charge in [0, 0.05) is 21.0 Å².